The molecule has 0 saturated carbocycles. The SMILES string of the molecule is Cc1cc(C(C)c2ccccc2)c(O)c(C[NH+]2CCOCC2)c1C. The number of quaternary nitrogens is 1. The van der Waals surface area contributed by atoms with Crippen molar-refractivity contribution in [3.8, 4) is 5.75 Å². The molecule has 3 nitrogen and oxygen atoms in total. The molecular weight excluding hydrogens is 298 g/mol. The summed E-state index contributed by atoms with van der Waals surface area (Å²) in [6.45, 7) is 11.0. The summed E-state index contributed by atoms with van der Waals surface area (Å²) in [6.07, 6.45) is 0. The number of phenols is 1. The molecule has 0 bridgehead atoms. The average molecular weight is 326 g/mol. The number of morpholine rings is 1. The van der Waals surface area contributed by atoms with E-state index in [2.05, 4.69) is 51.1 Å². The standard InChI is InChI=1S/C21H27NO2/c1-15-13-19(17(3)18-7-5-4-6-8-18)21(23)20(16(15)2)14-22-9-11-24-12-10-22/h4-8,13,17,23H,9-12,14H2,1-3H3/p+1. The second-order valence-electron chi connectivity index (χ2n) is 6.91. The van der Waals surface area contributed by atoms with Crippen LogP contribution in [-0.4, -0.2) is 31.4 Å². The van der Waals surface area contributed by atoms with Gasteiger partial charge in [0.05, 0.1) is 18.8 Å². The lowest BCUT2D eigenvalue weighted by Gasteiger charge is -2.26. The molecule has 1 aliphatic rings. The molecule has 128 valence electrons. The number of aromatic hydroxyl groups is 1. The van der Waals surface area contributed by atoms with Crippen molar-refractivity contribution in [1.29, 1.82) is 0 Å². The van der Waals surface area contributed by atoms with Crippen molar-refractivity contribution in [2.24, 2.45) is 0 Å². The van der Waals surface area contributed by atoms with Crippen LogP contribution < -0.4 is 4.90 Å². The molecule has 24 heavy (non-hydrogen) atoms. The van der Waals surface area contributed by atoms with Gasteiger partial charge in [0.2, 0.25) is 0 Å². The van der Waals surface area contributed by atoms with Gasteiger partial charge in [-0.3, -0.25) is 0 Å². The van der Waals surface area contributed by atoms with E-state index >= 15 is 0 Å². The molecule has 2 N–H and O–H groups in total. The Morgan fingerprint density at radius 3 is 2.46 bits per heavy atom. The number of hydrogen-bond acceptors (Lipinski definition) is 2. The Kier molecular flexibility index (Phi) is 5.22. The summed E-state index contributed by atoms with van der Waals surface area (Å²) < 4.78 is 5.46. The van der Waals surface area contributed by atoms with E-state index in [9.17, 15) is 5.11 Å². The van der Waals surface area contributed by atoms with Gasteiger partial charge in [0.1, 0.15) is 25.4 Å². The lowest BCUT2D eigenvalue weighted by Crippen LogP contribution is -3.12. The Labute approximate surface area is 144 Å². The van der Waals surface area contributed by atoms with Gasteiger partial charge < -0.3 is 14.7 Å². The van der Waals surface area contributed by atoms with Gasteiger partial charge >= 0.3 is 0 Å². The molecule has 2 aromatic carbocycles. The summed E-state index contributed by atoms with van der Waals surface area (Å²) in [5.41, 5.74) is 5.85. The maximum absolute atomic E-state index is 11.0. The third kappa shape index (κ3) is 3.47. The number of ether oxygens (including phenoxy) is 1. The highest BCUT2D eigenvalue weighted by atomic mass is 16.5. The van der Waals surface area contributed by atoms with Crippen LogP contribution >= 0.6 is 0 Å². The van der Waals surface area contributed by atoms with Crippen LogP contribution in [0, 0.1) is 13.8 Å². The highest BCUT2D eigenvalue weighted by Crippen LogP contribution is 2.36. The van der Waals surface area contributed by atoms with Gasteiger partial charge in [-0.05, 0) is 30.5 Å². The topological polar surface area (TPSA) is 33.9 Å². The molecule has 1 atom stereocenters. The van der Waals surface area contributed by atoms with Crippen LogP contribution in [0.5, 0.6) is 5.75 Å². The summed E-state index contributed by atoms with van der Waals surface area (Å²) in [7, 11) is 0. The first-order valence-corrected chi connectivity index (χ1v) is 8.86. The van der Waals surface area contributed by atoms with E-state index < -0.39 is 0 Å². The minimum atomic E-state index is 0.184. The highest BCUT2D eigenvalue weighted by Gasteiger charge is 2.23. The maximum atomic E-state index is 11.0. The van der Waals surface area contributed by atoms with Crippen molar-refractivity contribution < 1.29 is 14.7 Å². The van der Waals surface area contributed by atoms with Crippen molar-refractivity contribution in [2.45, 2.75) is 33.2 Å². The normalized spacial score (nSPS) is 17.0. The number of phenolic OH excluding ortho intramolecular Hbond substituents is 1. The van der Waals surface area contributed by atoms with E-state index in [0.717, 1.165) is 44.0 Å². The van der Waals surface area contributed by atoms with Crippen LogP contribution in [0.3, 0.4) is 0 Å². The Morgan fingerprint density at radius 1 is 1.12 bits per heavy atom. The molecule has 0 aliphatic carbocycles. The summed E-state index contributed by atoms with van der Waals surface area (Å²) in [5.74, 6) is 0.664. The van der Waals surface area contributed by atoms with E-state index in [4.69, 9.17) is 4.74 Å². The van der Waals surface area contributed by atoms with Gasteiger partial charge in [0.25, 0.3) is 0 Å². The summed E-state index contributed by atoms with van der Waals surface area (Å²) in [4.78, 5) is 1.49. The van der Waals surface area contributed by atoms with E-state index in [0.29, 0.717) is 5.75 Å². The lowest BCUT2D eigenvalue weighted by molar-refractivity contribution is -0.921. The second-order valence-corrected chi connectivity index (χ2v) is 6.91. The molecule has 0 aromatic heterocycles. The van der Waals surface area contributed by atoms with Crippen LogP contribution in [0.15, 0.2) is 36.4 Å². The summed E-state index contributed by atoms with van der Waals surface area (Å²) in [5, 5.41) is 11.0. The summed E-state index contributed by atoms with van der Waals surface area (Å²) in [6, 6.07) is 12.6. The maximum Gasteiger partial charge on any atom is 0.128 e. The van der Waals surface area contributed by atoms with E-state index in [1.165, 1.54) is 21.6 Å². The minimum Gasteiger partial charge on any atom is -0.507 e. The molecule has 3 rings (SSSR count). The van der Waals surface area contributed by atoms with Crippen molar-refractivity contribution in [2.75, 3.05) is 26.3 Å². The first-order chi connectivity index (χ1) is 11.6. The number of rotatable bonds is 4. The fourth-order valence-corrected chi connectivity index (χ4v) is 3.55. The predicted molar refractivity (Wildman–Crippen MR) is 96.8 cm³/mol. The molecule has 2 aromatic rings. The van der Waals surface area contributed by atoms with Crippen LogP contribution in [0.25, 0.3) is 0 Å². The molecule has 0 spiro atoms. The first-order valence-electron chi connectivity index (χ1n) is 8.86. The van der Waals surface area contributed by atoms with Gasteiger partial charge in [-0.2, -0.15) is 0 Å². The molecule has 1 saturated heterocycles. The molecule has 1 unspecified atom stereocenters. The smallest absolute Gasteiger partial charge is 0.128 e. The van der Waals surface area contributed by atoms with E-state index in [1.807, 2.05) is 6.07 Å². The Morgan fingerprint density at radius 2 is 1.79 bits per heavy atom. The molecule has 1 aliphatic heterocycles. The predicted octanol–water partition coefficient (Wildman–Crippen LogP) is 2.58. The fraction of sp³-hybridized carbons (Fsp3) is 0.429. The molecule has 1 heterocycles. The third-order valence-electron chi connectivity index (χ3n) is 5.37. The van der Waals surface area contributed by atoms with E-state index in [-0.39, 0.29) is 5.92 Å². The zero-order valence-corrected chi connectivity index (χ0v) is 14.9. The Hall–Kier alpha value is -1.84. The van der Waals surface area contributed by atoms with Crippen molar-refractivity contribution in [1.82, 2.24) is 0 Å². The van der Waals surface area contributed by atoms with Gasteiger partial charge in [-0.25, -0.2) is 0 Å². The zero-order chi connectivity index (χ0) is 17.1. The molecule has 1 fully saturated rings. The quantitative estimate of drug-likeness (QED) is 0.905. The van der Waals surface area contributed by atoms with Crippen LogP contribution in [0.2, 0.25) is 0 Å². The largest absolute Gasteiger partial charge is 0.507 e. The molecule has 3 heteroatoms. The number of nitrogens with one attached hydrogen (secondary N) is 1. The summed E-state index contributed by atoms with van der Waals surface area (Å²) >= 11 is 0. The minimum absolute atomic E-state index is 0.184. The Bertz CT molecular complexity index is 691. The van der Waals surface area contributed by atoms with E-state index in [1.54, 1.807) is 0 Å². The monoisotopic (exact) mass is 326 g/mol. The number of aryl methyl sites for hydroxylation is 1. The zero-order valence-electron chi connectivity index (χ0n) is 14.9. The van der Waals surface area contributed by atoms with Crippen LogP contribution in [0.4, 0.5) is 0 Å². The number of hydrogen-bond donors (Lipinski definition) is 2. The van der Waals surface area contributed by atoms with Gasteiger partial charge in [-0.1, -0.05) is 43.3 Å². The first kappa shape index (κ1) is 17.0. The van der Waals surface area contributed by atoms with Crippen molar-refractivity contribution in [3.63, 3.8) is 0 Å². The second kappa shape index (κ2) is 7.37. The van der Waals surface area contributed by atoms with Crippen molar-refractivity contribution in [3.05, 3.63) is 64.2 Å². The van der Waals surface area contributed by atoms with Gasteiger partial charge in [0, 0.05) is 11.5 Å². The number of benzene rings is 2. The molecule has 0 radical (unpaired) electrons. The lowest BCUT2D eigenvalue weighted by atomic mass is 9.87. The van der Waals surface area contributed by atoms with Crippen molar-refractivity contribution >= 4 is 0 Å². The van der Waals surface area contributed by atoms with Crippen LogP contribution in [-0.2, 0) is 11.3 Å². The van der Waals surface area contributed by atoms with Crippen LogP contribution in [0.1, 0.15) is 40.7 Å². The third-order valence-corrected chi connectivity index (χ3v) is 5.37. The highest BCUT2D eigenvalue weighted by molar-refractivity contribution is 5.52. The Balaban J connectivity index is 1.95. The average Bonchev–Trinajstić information content (AvgIpc) is 2.63. The molecular formula is C21H28NO2+. The van der Waals surface area contributed by atoms with Gasteiger partial charge in [0.15, 0.2) is 0 Å². The fourth-order valence-electron chi connectivity index (χ4n) is 3.55. The van der Waals surface area contributed by atoms with Gasteiger partial charge in [-0.15, -0.1) is 0 Å². The molecule has 0 amide bonds.